The smallest absolute Gasteiger partial charge is 0.338 e. The fourth-order valence-electron chi connectivity index (χ4n) is 5.33. The zero-order chi connectivity index (χ0) is 29.2. The van der Waals surface area contributed by atoms with E-state index in [4.69, 9.17) is 19.2 Å². The van der Waals surface area contributed by atoms with Gasteiger partial charge in [-0.05, 0) is 47.5 Å². The minimum atomic E-state index is -0.857. The van der Waals surface area contributed by atoms with Gasteiger partial charge < -0.3 is 14.2 Å². The van der Waals surface area contributed by atoms with E-state index in [1.807, 2.05) is 97.1 Å². The van der Waals surface area contributed by atoms with Crippen molar-refractivity contribution in [2.24, 2.45) is 4.99 Å². The van der Waals surface area contributed by atoms with E-state index >= 15 is 0 Å². The Labute approximate surface area is 246 Å². The maximum absolute atomic E-state index is 14.3. The molecule has 1 aliphatic rings. The predicted molar refractivity (Wildman–Crippen MR) is 165 cm³/mol. The minimum Gasteiger partial charge on any atom is -0.497 e. The Hall–Kier alpha value is -4.95. The van der Waals surface area contributed by atoms with Crippen LogP contribution in [0.15, 0.2) is 106 Å². The van der Waals surface area contributed by atoms with E-state index in [1.165, 1.54) is 11.3 Å². The molecule has 6 rings (SSSR count). The monoisotopic (exact) mass is 576 g/mol. The van der Waals surface area contributed by atoms with Crippen LogP contribution in [0.4, 0.5) is 0 Å². The Balaban J connectivity index is 1.74. The van der Waals surface area contributed by atoms with Gasteiger partial charge in [0.2, 0.25) is 0 Å². The Morgan fingerprint density at radius 3 is 2.50 bits per heavy atom. The van der Waals surface area contributed by atoms with Gasteiger partial charge in [-0.3, -0.25) is 9.36 Å². The number of ether oxygens (including phenoxy) is 3. The zero-order valence-corrected chi connectivity index (χ0v) is 24.2. The van der Waals surface area contributed by atoms with Gasteiger partial charge in [-0.1, -0.05) is 84.1 Å². The van der Waals surface area contributed by atoms with Crippen molar-refractivity contribution >= 4 is 39.9 Å². The highest BCUT2D eigenvalue weighted by atomic mass is 32.1. The van der Waals surface area contributed by atoms with Crippen LogP contribution in [0, 0.1) is 0 Å². The number of benzene rings is 4. The molecule has 0 saturated heterocycles. The lowest BCUT2D eigenvalue weighted by Crippen LogP contribution is -2.40. The van der Waals surface area contributed by atoms with Crippen LogP contribution >= 0.6 is 11.3 Å². The van der Waals surface area contributed by atoms with E-state index in [1.54, 1.807) is 25.7 Å². The van der Waals surface area contributed by atoms with Gasteiger partial charge in [0.05, 0.1) is 36.6 Å². The zero-order valence-electron chi connectivity index (χ0n) is 23.4. The third kappa shape index (κ3) is 4.80. The summed E-state index contributed by atoms with van der Waals surface area (Å²) in [5.74, 6) is 0.699. The summed E-state index contributed by atoms with van der Waals surface area (Å²) in [6.07, 6.45) is 1.82. The molecule has 1 aromatic heterocycles. The van der Waals surface area contributed by atoms with Crippen LogP contribution in [-0.4, -0.2) is 31.4 Å². The van der Waals surface area contributed by atoms with Gasteiger partial charge >= 0.3 is 5.97 Å². The number of aromatic nitrogens is 1. The molecule has 0 radical (unpaired) electrons. The first-order valence-electron chi connectivity index (χ1n) is 13.5. The molecule has 4 aromatic carbocycles. The van der Waals surface area contributed by atoms with Gasteiger partial charge in [0.25, 0.3) is 5.56 Å². The van der Waals surface area contributed by atoms with Crippen LogP contribution in [-0.2, 0) is 9.53 Å². The number of thiazole rings is 1. The van der Waals surface area contributed by atoms with Gasteiger partial charge in [0.1, 0.15) is 17.5 Å². The molecule has 42 heavy (non-hydrogen) atoms. The van der Waals surface area contributed by atoms with Crippen molar-refractivity contribution in [3.05, 3.63) is 133 Å². The van der Waals surface area contributed by atoms with Crippen molar-refractivity contribution in [2.75, 3.05) is 20.8 Å². The topological polar surface area (TPSA) is 79.1 Å². The predicted octanol–water partition coefficient (Wildman–Crippen LogP) is 5.11. The SMILES string of the molecule is CCOC(=O)C1=C(c2ccccc2)N=c2s/c(=C\c3cccc(OC)c3)c(=O)n2[C@@H]1c1c(OC)ccc2ccccc12. The lowest BCUT2D eigenvalue weighted by Gasteiger charge is -2.28. The second-order valence-electron chi connectivity index (χ2n) is 9.61. The summed E-state index contributed by atoms with van der Waals surface area (Å²) in [5.41, 5.74) is 2.72. The molecule has 2 heterocycles. The molecule has 0 amide bonds. The van der Waals surface area contributed by atoms with Crippen molar-refractivity contribution in [1.29, 1.82) is 0 Å². The Morgan fingerprint density at radius 2 is 1.74 bits per heavy atom. The van der Waals surface area contributed by atoms with Crippen LogP contribution in [0.3, 0.4) is 0 Å². The Kier molecular flexibility index (Phi) is 7.46. The van der Waals surface area contributed by atoms with Crippen molar-refractivity contribution in [2.45, 2.75) is 13.0 Å². The normalized spacial score (nSPS) is 14.8. The standard InChI is InChI=1S/C34H28N2O5S/c1-4-41-33(38)29-30(23-13-6-5-7-14-23)35-34-36(32(37)27(42-34)20-21-11-10-15-24(19-21)39-2)31(29)28-25-16-9-8-12-22(25)17-18-26(28)40-3/h5-20,31H,4H2,1-3H3/b27-20-/t31-/m1/s1. The van der Waals surface area contributed by atoms with Gasteiger partial charge in [0.15, 0.2) is 4.80 Å². The average molecular weight is 577 g/mol. The van der Waals surface area contributed by atoms with Crippen molar-refractivity contribution < 1.29 is 19.0 Å². The largest absolute Gasteiger partial charge is 0.497 e. The molecule has 210 valence electrons. The summed E-state index contributed by atoms with van der Waals surface area (Å²) in [6.45, 7) is 1.93. The number of esters is 1. The van der Waals surface area contributed by atoms with E-state index in [-0.39, 0.29) is 17.7 Å². The Morgan fingerprint density at radius 1 is 0.952 bits per heavy atom. The molecule has 0 bridgehead atoms. The highest BCUT2D eigenvalue weighted by Gasteiger charge is 2.37. The molecule has 0 unspecified atom stereocenters. The van der Waals surface area contributed by atoms with Gasteiger partial charge in [-0.2, -0.15) is 0 Å². The number of carbonyl (C=O) groups is 1. The molecule has 1 atom stereocenters. The molecule has 5 aromatic rings. The second kappa shape index (κ2) is 11.5. The van der Waals surface area contributed by atoms with E-state index < -0.39 is 12.0 Å². The first-order valence-corrected chi connectivity index (χ1v) is 14.3. The van der Waals surface area contributed by atoms with E-state index in [0.717, 1.165) is 21.9 Å². The summed E-state index contributed by atoms with van der Waals surface area (Å²) >= 11 is 1.27. The molecular formula is C34H28N2O5S. The van der Waals surface area contributed by atoms with E-state index in [0.29, 0.717) is 32.1 Å². The highest BCUT2D eigenvalue weighted by molar-refractivity contribution is 7.07. The number of hydrogen-bond donors (Lipinski definition) is 0. The number of methoxy groups -OCH3 is 2. The fraction of sp³-hybridized carbons (Fsp3) is 0.147. The van der Waals surface area contributed by atoms with Gasteiger partial charge in [-0.15, -0.1) is 0 Å². The summed E-state index contributed by atoms with van der Waals surface area (Å²) in [6, 6.07) is 27.8. The number of fused-ring (bicyclic) bond motifs is 2. The summed E-state index contributed by atoms with van der Waals surface area (Å²) in [7, 11) is 3.19. The van der Waals surface area contributed by atoms with Crippen molar-refractivity contribution in [3.63, 3.8) is 0 Å². The lowest BCUT2D eigenvalue weighted by molar-refractivity contribution is -0.138. The maximum Gasteiger partial charge on any atom is 0.338 e. The molecule has 0 fully saturated rings. The number of nitrogens with zero attached hydrogens (tertiary/aromatic N) is 2. The van der Waals surface area contributed by atoms with Crippen molar-refractivity contribution in [1.82, 2.24) is 4.57 Å². The first kappa shape index (κ1) is 27.2. The molecule has 8 heteroatoms. The van der Waals surface area contributed by atoms with Crippen LogP contribution in [0.2, 0.25) is 0 Å². The van der Waals surface area contributed by atoms with E-state index in [2.05, 4.69) is 0 Å². The van der Waals surface area contributed by atoms with Crippen LogP contribution < -0.4 is 24.4 Å². The summed E-state index contributed by atoms with van der Waals surface area (Å²) in [5, 5.41) is 1.81. The molecular weight excluding hydrogens is 548 g/mol. The molecule has 0 saturated carbocycles. The molecule has 0 N–H and O–H groups in total. The first-order chi connectivity index (χ1) is 20.5. The van der Waals surface area contributed by atoms with Crippen LogP contribution in [0.1, 0.15) is 29.7 Å². The molecule has 0 spiro atoms. The third-order valence-electron chi connectivity index (χ3n) is 7.19. The lowest BCUT2D eigenvalue weighted by atomic mass is 9.89. The Bertz CT molecular complexity index is 2020. The van der Waals surface area contributed by atoms with Crippen molar-refractivity contribution in [3.8, 4) is 11.5 Å². The van der Waals surface area contributed by atoms with E-state index in [9.17, 15) is 9.59 Å². The van der Waals surface area contributed by atoms with Crippen LogP contribution in [0.5, 0.6) is 11.5 Å². The second-order valence-corrected chi connectivity index (χ2v) is 10.6. The molecule has 7 nitrogen and oxygen atoms in total. The summed E-state index contributed by atoms with van der Waals surface area (Å²) < 4.78 is 19.0. The van der Waals surface area contributed by atoms with Gasteiger partial charge in [0, 0.05) is 11.1 Å². The fourth-order valence-corrected chi connectivity index (χ4v) is 6.33. The molecule has 1 aliphatic heterocycles. The third-order valence-corrected chi connectivity index (χ3v) is 8.17. The highest BCUT2D eigenvalue weighted by Crippen LogP contribution is 2.42. The number of hydrogen-bond acceptors (Lipinski definition) is 7. The minimum absolute atomic E-state index is 0.171. The summed E-state index contributed by atoms with van der Waals surface area (Å²) in [4.78, 5) is 33.6. The van der Waals surface area contributed by atoms with Gasteiger partial charge in [-0.25, -0.2) is 9.79 Å². The average Bonchev–Trinajstić information content (AvgIpc) is 3.34. The number of rotatable bonds is 7. The van der Waals surface area contributed by atoms with Crippen LogP contribution in [0.25, 0.3) is 22.5 Å². The molecule has 0 aliphatic carbocycles. The quantitative estimate of drug-likeness (QED) is 0.252. The maximum atomic E-state index is 14.3. The number of carbonyl (C=O) groups excluding carboxylic acids is 1.